The topological polar surface area (TPSA) is 86.7 Å². The SMILES string of the molecule is CC(C)(CCC(=O)O)NC(=O)C1CCCN(C(=O)C2CC2)C1. The molecule has 6 nitrogen and oxygen atoms in total. The maximum atomic E-state index is 12.4. The molecule has 1 saturated carbocycles. The first-order chi connectivity index (χ1) is 10.3. The molecule has 2 N–H and O–H groups in total. The first-order valence-electron chi connectivity index (χ1n) is 8.11. The molecular weight excluding hydrogens is 284 g/mol. The van der Waals surface area contributed by atoms with Crippen LogP contribution in [0.25, 0.3) is 0 Å². The molecule has 1 unspecified atom stereocenters. The van der Waals surface area contributed by atoms with Crippen LogP contribution in [0.4, 0.5) is 0 Å². The van der Waals surface area contributed by atoms with Crippen LogP contribution in [0.15, 0.2) is 0 Å². The first-order valence-corrected chi connectivity index (χ1v) is 8.11. The molecule has 124 valence electrons. The zero-order valence-electron chi connectivity index (χ0n) is 13.4. The Labute approximate surface area is 131 Å². The van der Waals surface area contributed by atoms with Crippen LogP contribution < -0.4 is 5.32 Å². The van der Waals surface area contributed by atoms with Gasteiger partial charge in [0.05, 0.1) is 5.92 Å². The molecule has 1 aliphatic heterocycles. The zero-order chi connectivity index (χ0) is 16.3. The van der Waals surface area contributed by atoms with Crippen molar-refractivity contribution in [3.63, 3.8) is 0 Å². The van der Waals surface area contributed by atoms with Crippen molar-refractivity contribution in [2.75, 3.05) is 13.1 Å². The number of likely N-dealkylation sites (tertiary alicyclic amines) is 1. The van der Waals surface area contributed by atoms with Crippen LogP contribution in [0.3, 0.4) is 0 Å². The fourth-order valence-corrected chi connectivity index (χ4v) is 2.90. The minimum Gasteiger partial charge on any atom is -0.481 e. The Balaban J connectivity index is 1.85. The molecule has 0 spiro atoms. The highest BCUT2D eigenvalue weighted by atomic mass is 16.4. The summed E-state index contributed by atoms with van der Waals surface area (Å²) < 4.78 is 0. The Morgan fingerprint density at radius 1 is 1.18 bits per heavy atom. The number of carboxylic acid groups (broad SMARTS) is 1. The standard InChI is InChI=1S/C16H26N2O4/c1-16(2,8-7-13(19)20)17-14(21)12-4-3-9-18(10-12)15(22)11-5-6-11/h11-12H,3-10H2,1-2H3,(H,17,21)(H,19,20). The zero-order valence-corrected chi connectivity index (χ0v) is 13.4. The van der Waals surface area contributed by atoms with Gasteiger partial charge in [-0.3, -0.25) is 14.4 Å². The molecular formula is C16H26N2O4. The summed E-state index contributed by atoms with van der Waals surface area (Å²) in [5, 5.41) is 11.7. The van der Waals surface area contributed by atoms with Crippen molar-refractivity contribution in [1.29, 1.82) is 0 Å². The van der Waals surface area contributed by atoms with Gasteiger partial charge in [0.2, 0.25) is 11.8 Å². The van der Waals surface area contributed by atoms with Gasteiger partial charge < -0.3 is 15.3 Å². The highest BCUT2D eigenvalue weighted by molar-refractivity contribution is 5.83. The van der Waals surface area contributed by atoms with Crippen molar-refractivity contribution in [2.45, 2.75) is 57.9 Å². The smallest absolute Gasteiger partial charge is 0.303 e. The number of amides is 2. The lowest BCUT2D eigenvalue weighted by Crippen LogP contribution is -2.51. The number of carbonyl (C=O) groups excluding carboxylic acids is 2. The quantitative estimate of drug-likeness (QED) is 0.776. The molecule has 2 rings (SSSR count). The molecule has 1 atom stereocenters. The predicted octanol–water partition coefficient (Wildman–Crippen LogP) is 1.39. The highest BCUT2D eigenvalue weighted by Gasteiger charge is 2.37. The van der Waals surface area contributed by atoms with Gasteiger partial charge in [0.25, 0.3) is 0 Å². The van der Waals surface area contributed by atoms with E-state index >= 15 is 0 Å². The average molecular weight is 310 g/mol. The molecule has 0 aromatic carbocycles. The predicted molar refractivity (Wildman–Crippen MR) is 81.1 cm³/mol. The van der Waals surface area contributed by atoms with Crippen LogP contribution >= 0.6 is 0 Å². The van der Waals surface area contributed by atoms with Gasteiger partial charge in [-0.1, -0.05) is 0 Å². The minimum absolute atomic E-state index is 0.0320. The van der Waals surface area contributed by atoms with Crippen molar-refractivity contribution in [1.82, 2.24) is 10.2 Å². The van der Waals surface area contributed by atoms with Crippen LogP contribution in [0.2, 0.25) is 0 Å². The van der Waals surface area contributed by atoms with E-state index in [4.69, 9.17) is 5.11 Å². The second kappa shape index (κ2) is 6.67. The van der Waals surface area contributed by atoms with Gasteiger partial charge in [0.1, 0.15) is 0 Å². The van der Waals surface area contributed by atoms with Gasteiger partial charge in [-0.2, -0.15) is 0 Å². The van der Waals surface area contributed by atoms with E-state index in [9.17, 15) is 14.4 Å². The summed E-state index contributed by atoms with van der Waals surface area (Å²) >= 11 is 0. The van der Waals surface area contributed by atoms with Crippen LogP contribution in [0.1, 0.15) is 52.4 Å². The fourth-order valence-electron chi connectivity index (χ4n) is 2.90. The summed E-state index contributed by atoms with van der Waals surface area (Å²) in [5.41, 5.74) is -0.543. The molecule has 1 saturated heterocycles. The summed E-state index contributed by atoms with van der Waals surface area (Å²) in [6.07, 6.45) is 4.03. The Kier molecular flexibility index (Phi) is 5.08. The molecule has 2 amide bonds. The molecule has 1 heterocycles. The van der Waals surface area contributed by atoms with Crippen LogP contribution in [-0.4, -0.2) is 46.4 Å². The molecule has 0 bridgehead atoms. The van der Waals surface area contributed by atoms with Gasteiger partial charge in [0, 0.05) is 31.0 Å². The van der Waals surface area contributed by atoms with Crippen LogP contribution in [-0.2, 0) is 14.4 Å². The molecule has 6 heteroatoms. The summed E-state index contributed by atoms with van der Waals surface area (Å²) in [4.78, 5) is 37.0. The van der Waals surface area contributed by atoms with Crippen LogP contribution in [0, 0.1) is 11.8 Å². The summed E-state index contributed by atoms with van der Waals surface area (Å²) in [6, 6.07) is 0. The summed E-state index contributed by atoms with van der Waals surface area (Å²) in [5.74, 6) is -0.720. The fraction of sp³-hybridized carbons (Fsp3) is 0.812. The van der Waals surface area contributed by atoms with E-state index in [1.165, 1.54) is 0 Å². The Morgan fingerprint density at radius 3 is 2.45 bits per heavy atom. The average Bonchev–Trinajstić information content (AvgIpc) is 3.29. The lowest BCUT2D eigenvalue weighted by Gasteiger charge is -2.34. The molecule has 2 fully saturated rings. The van der Waals surface area contributed by atoms with Crippen molar-refractivity contribution >= 4 is 17.8 Å². The second-order valence-corrected chi connectivity index (χ2v) is 7.16. The largest absolute Gasteiger partial charge is 0.481 e. The van der Waals surface area contributed by atoms with E-state index in [-0.39, 0.29) is 30.1 Å². The number of nitrogens with zero attached hydrogens (tertiary/aromatic N) is 1. The number of piperidine rings is 1. The molecule has 0 aromatic rings. The maximum Gasteiger partial charge on any atom is 0.303 e. The number of carboxylic acids is 1. The Hall–Kier alpha value is -1.59. The number of rotatable bonds is 6. The number of nitrogens with one attached hydrogen (secondary N) is 1. The Morgan fingerprint density at radius 2 is 1.86 bits per heavy atom. The van der Waals surface area contributed by atoms with E-state index < -0.39 is 11.5 Å². The van der Waals surface area contributed by atoms with Crippen molar-refractivity contribution < 1.29 is 19.5 Å². The van der Waals surface area contributed by atoms with E-state index in [0.717, 1.165) is 32.2 Å². The first kappa shape index (κ1) is 16.8. The number of carbonyl (C=O) groups is 3. The number of hydrogen-bond donors (Lipinski definition) is 2. The van der Waals surface area contributed by atoms with Gasteiger partial charge in [0.15, 0.2) is 0 Å². The van der Waals surface area contributed by atoms with Gasteiger partial charge in [-0.15, -0.1) is 0 Å². The number of hydrogen-bond acceptors (Lipinski definition) is 3. The monoisotopic (exact) mass is 310 g/mol. The van der Waals surface area contributed by atoms with E-state index in [0.29, 0.717) is 13.0 Å². The van der Waals surface area contributed by atoms with Gasteiger partial charge in [-0.05, 0) is 46.0 Å². The highest BCUT2D eigenvalue weighted by Crippen LogP contribution is 2.32. The molecule has 0 aromatic heterocycles. The summed E-state index contributed by atoms with van der Waals surface area (Å²) in [6.45, 7) is 4.92. The normalized spacial score (nSPS) is 22.3. The Bertz CT molecular complexity index is 457. The van der Waals surface area contributed by atoms with Crippen molar-refractivity contribution in [3.8, 4) is 0 Å². The molecule has 0 radical (unpaired) electrons. The van der Waals surface area contributed by atoms with E-state index in [1.54, 1.807) is 0 Å². The molecule has 2 aliphatic rings. The van der Waals surface area contributed by atoms with Crippen molar-refractivity contribution in [2.24, 2.45) is 11.8 Å². The third-order valence-corrected chi connectivity index (χ3v) is 4.46. The van der Waals surface area contributed by atoms with Gasteiger partial charge >= 0.3 is 5.97 Å². The van der Waals surface area contributed by atoms with E-state index in [1.807, 2.05) is 18.7 Å². The second-order valence-electron chi connectivity index (χ2n) is 7.16. The van der Waals surface area contributed by atoms with Crippen LogP contribution in [0.5, 0.6) is 0 Å². The third-order valence-electron chi connectivity index (χ3n) is 4.46. The maximum absolute atomic E-state index is 12.4. The lowest BCUT2D eigenvalue weighted by atomic mass is 9.93. The minimum atomic E-state index is -0.860. The van der Waals surface area contributed by atoms with E-state index in [2.05, 4.69) is 5.32 Å². The molecule has 22 heavy (non-hydrogen) atoms. The molecule has 1 aliphatic carbocycles. The third kappa shape index (κ3) is 4.71. The number of aliphatic carboxylic acids is 1. The lowest BCUT2D eigenvalue weighted by molar-refractivity contribution is -0.139. The van der Waals surface area contributed by atoms with Gasteiger partial charge in [-0.25, -0.2) is 0 Å². The summed E-state index contributed by atoms with van der Waals surface area (Å²) in [7, 11) is 0. The van der Waals surface area contributed by atoms with Crippen molar-refractivity contribution in [3.05, 3.63) is 0 Å².